The van der Waals surface area contributed by atoms with Crippen molar-refractivity contribution in [3.63, 3.8) is 0 Å². The number of benzene rings is 1. The number of rotatable bonds is 11. The number of aromatic nitrogens is 2. The van der Waals surface area contributed by atoms with Gasteiger partial charge < -0.3 is 26.2 Å². The number of nitrogens with zero attached hydrogens (tertiary/aromatic N) is 2. The molecule has 0 fully saturated rings. The second-order valence-corrected chi connectivity index (χ2v) is 12.9. The molecule has 284 valence electrons. The smallest absolute Gasteiger partial charge is 0.453 e. The van der Waals surface area contributed by atoms with Crippen molar-refractivity contribution in [3.05, 3.63) is 63.8 Å². The van der Waals surface area contributed by atoms with Gasteiger partial charge >= 0.3 is 18.1 Å². The van der Waals surface area contributed by atoms with E-state index in [4.69, 9.17) is 32.5 Å². The minimum Gasteiger partial charge on any atom is -0.480 e. The number of ether oxygens (including phenoxy) is 1. The predicted octanol–water partition coefficient (Wildman–Crippen LogP) is 9.21. The van der Waals surface area contributed by atoms with E-state index >= 15 is 0 Å². The van der Waals surface area contributed by atoms with Gasteiger partial charge in [0.15, 0.2) is 17.1 Å². The second-order valence-electron chi connectivity index (χ2n) is 12.5. The van der Waals surface area contributed by atoms with Crippen LogP contribution in [-0.4, -0.2) is 50.5 Å². The monoisotopic (exact) mass is 746 g/mol. The molecule has 51 heavy (non-hydrogen) atoms. The highest BCUT2D eigenvalue weighted by Crippen LogP contribution is 2.43. The third-order valence-electron chi connectivity index (χ3n) is 7.85. The van der Waals surface area contributed by atoms with Crippen LogP contribution >= 0.6 is 11.6 Å². The van der Waals surface area contributed by atoms with Gasteiger partial charge in [0.25, 0.3) is 0 Å². The maximum Gasteiger partial charge on any atom is 0.453 e. The maximum absolute atomic E-state index is 13.2. The summed E-state index contributed by atoms with van der Waals surface area (Å²) < 4.78 is 62.9. The molecule has 0 aliphatic carbocycles. The number of carbonyl (C=O) groups is 2. The highest BCUT2D eigenvalue weighted by molar-refractivity contribution is 6.30. The summed E-state index contributed by atoms with van der Waals surface area (Å²) in [6.45, 7) is 21.4. The number of nitrogen functional groups attached to an aromatic ring is 1. The molecule has 1 aliphatic heterocycles. The number of amides is 1. The molecule has 0 bridgehead atoms. The molecule has 1 atom stereocenters. The van der Waals surface area contributed by atoms with Gasteiger partial charge in [-0.2, -0.15) is 22.0 Å². The average molecular weight is 747 g/mol. The van der Waals surface area contributed by atoms with Crippen LogP contribution in [0.2, 0.25) is 5.02 Å². The number of allylic oxidation sites excluding steroid dienone is 1. The SMILES string of the molecule is C=C(NC(C)(C)C(=O)O)OC(=N)C1(C)C(=O)Nc2nc(C(=C(C)CC)c3ccc(Cl)cc3C(C)C)nc(N)c21.CC.CCCC(F)(F)C(F)(F)F. The van der Waals surface area contributed by atoms with Crippen LogP contribution in [0.5, 0.6) is 0 Å². The van der Waals surface area contributed by atoms with E-state index in [1.165, 1.54) is 27.7 Å². The van der Waals surface area contributed by atoms with E-state index < -0.39 is 47.2 Å². The number of nitrogens with two attached hydrogens (primary N) is 1. The Morgan fingerprint density at radius 1 is 1.18 bits per heavy atom. The molecule has 1 aromatic carbocycles. The molecule has 2 heterocycles. The molecule has 16 heteroatoms. The molecule has 0 radical (unpaired) electrons. The number of nitrogens with one attached hydrogen (secondary N) is 3. The zero-order valence-electron chi connectivity index (χ0n) is 30.5. The standard InChI is InChI=1S/C28H35ClN6O4.C5H7F5.C2H6/c1-9-14(4)19(17-11-10-16(29)12-18(17)13(2)3)22-32-21(30)20-23(33-22)34-25(36)28(20,8)24(31)39-15(5)35-27(6,7)26(37)38;1-2-3-4(6,7)5(8,9)10;1-2/h10-13,31,35H,5,9H2,1-4,6-8H3,(H,37,38)(H3,30,32,33,34,36);2-3H2,1H3;1-2H3. The molecular weight excluding hydrogens is 699 g/mol. The van der Waals surface area contributed by atoms with Crippen molar-refractivity contribution in [2.24, 2.45) is 0 Å². The van der Waals surface area contributed by atoms with Gasteiger partial charge in [0.05, 0.1) is 5.56 Å². The van der Waals surface area contributed by atoms with Crippen molar-refractivity contribution < 1.29 is 41.4 Å². The fraction of sp³-hybridized carbons (Fsp3) is 0.514. The van der Waals surface area contributed by atoms with E-state index in [1.807, 2.05) is 45.9 Å². The van der Waals surface area contributed by atoms with E-state index in [2.05, 4.69) is 36.0 Å². The molecule has 0 saturated carbocycles. The van der Waals surface area contributed by atoms with Gasteiger partial charge in [-0.1, -0.05) is 71.2 Å². The van der Waals surface area contributed by atoms with Crippen molar-refractivity contribution in [2.45, 2.75) is 117 Å². The van der Waals surface area contributed by atoms with Crippen LogP contribution in [0, 0.1) is 5.41 Å². The van der Waals surface area contributed by atoms with Crippen molar-refractivity contribution >= 4 is 46.6 Å². The van der Waals surface area contributed by atoms with E-state index in [1.54, 1.807) is 0 Å². The first kappa shape index (κ1) is 44.8. The first-order valence-electron chi connectivity index (χ1n) is 16.3. The maximum atomic E-state index is 13.2. The number of fused-ring (bicyclic) bond motifs is 1. The van der Waals surface area contributed by atoms with Gasteiger partial charge in [-0.3, -0.25) is 10.2 Å². The Morgan fingerprint density at radius 3 is 2.20 bits per heavy atom. The zero-order valence-corrected chi connectivity index (χ0v) is 31.3. The van der Waals surface area contributed by atoms with Crippen LogP contribution < -0.4 is 16.4 Å². The molecule has 1 unspecified atom stereocenters. The number of hydrogen-bond acceptors (Lipinski definition) is 8. The lowest BCUT2D eigenvalue weighted by Crippen LogP contribution is -2.48. The van der Waals surface area contributed by atoms with Crippen molar-refractivity contribution in [1.82, 2.24) is 15.3 Å². The number of alkyl halides is 5. The molecule has 2 aromatic rings. The number of carbonyl (C=O) groups excluding carboxylic acids is 1. The molecule has 1 amide bonds. The van der Waals surface area contributed by atoms with Gasteiger partial charge in [-0.25, -0.2) is 14.8 Å². The Kier molecular flexibility index (Phi) is 15.2. The van der Waals surface area contributed by atoms with E-state index in [-0.39, 0.29) is 35.4 Å². The Bertz CT molecular complexity index is 1660. The Balaban J connectivity index is 0.000000932. The quantitative estimate of drug-likeness (QED) is 0.0658. The topological polar surface area (TPSA) is 163 Å². The van der Waals surface area contributed by atoms with Crippen LogP contribution in [-0.2, 0) is 19.7 Å². The Morgan fingerprint density at radius 2 is 1.75 bits per heavy atom. The summed E-state index contributed by atoms with van der Waals surface area (Å²) in [5.41, 5.74) is 7.29. The van der Waals surface area contributed by atoms with Crippen molar-refractivity contribution in [1.29, 1.82) is 5.41 Å². The minimum atomic E-state index is -5.39. The molecule has 0 saturated heterocycles. The lowest BCUT2D eigenvalue weighted by Gasteiger charge is -2.27. The molecule has 6 N–H and O–H groups in total. The number of hydrogen-bond donors (Lipinski definition) is 5. The number of carboxylic acids is 1. The number of aliphatic carboxylic acids is 1. The van der Waals surface area contributed by atoms with Crippen molar-refractivity contribution in [3.8, 4) is 0 Å². The van der Waals surface area contributed by atoms with E-state index in [9.17, 15) is 36.6 Å². The third kappa shape index (κ3) is 10.2. The first-order chi connectivity index (χ1) is 23.3. The van der Waals surface area contributed by atoms with Crippen LogP contribution in [0.3, 0.4) is 0 Å². The minimum absolute atomic E-state index is 0.00935. The fourth-order valence-electron chi connectivity index (χ4n) is 4.80. The summed E-state index contributed by atoms with van der Waals surface area (Å²) in [7, 11) is 0. The molecule has 0 spiro atoms. The lowest BCUT2D eigenvalue weighted by atomic mass is 9.84. The normalized spacial score (nSPS) is 16.1. The van der Waals surface area contributed by atoms with Gasteiger partial charge in [0, 0.05) is 17.0 Å². The lowest BCUT2D eigenvalue weighted by molar-refractivity contribution is -0.284. The van der Waals surface area contributed by atoms with Gasteiger partial charge in [0.2, 0.25) is 11.8 Å². The summed E-state index contributed by atoms with van der Waals surface area (Å²) in [5.74, 6) is -6.29. The van der Waals surface area contributed by atoms with Gasteiger partial charge in [-0.15, -0.1) is 0 Å². The van der Waals surface area contributed by atoms with E-state index in [0.717, 1.165) is 28.7 Å². The predicted molar refractivity (Wildman–Crippen MR) is 190 cm³/mol. The van der Waals surface area contributed by atoms with Crippen LogP contribution in [0.1, 0.15) is 117 Å². The molecule has 3 rings (SSSR count). The number of carboxylic acid groups (broad SMARTS) is 1. The largest absolute Gasteiger partial charge is 0.480 e. The summed E-state index contributed by atoms with van der Waals surface area (Å²) in [6, 6.07) is 5.67. The molecule has 1 aromatic heterocycles. The third-order valence-corrected chi connectivity index (χ3v) is 8.09. The summed E-state index contributed by atoms with van der Waals surface area (Å²) in [5, 5.41) is 23.9. The first-order valence-corrected chi connectivity index (χ1v) is 16.6. The van der Waals surface area contributed by atoms with Gasteiger partial charge in [-0.05, 0) is 69.9 Å². The average Bonchev–Trinajstić information content (AvgIpc) is 3.28. The number of halogens is 6. The zero-order chi connectivity index (χ0) is 39.9. The summed E-state index contributed by atoms with van der Waals surface area (Å²) in [6.07, 6.45) is -5.97. The van der Waals surface area contributed by atoms with Gasteiger partial charge in [0.1, 0.15) is 17.2 Å². The Labute approximate surface area is 300 Å². The Hall–Kier alpha value is -4.27. The molecule has 1 aliphatic rings. The summed E-state index contributed by atoms with van der Waals surface area (Å²) in [4.78, 5) is 33.9. The van der Waals surface area contributed by atoms with Crippen LogP contribution in [0.4, 0.5) is 33.6 Å². The molecule has 10 nitrogen and oxygen atoms in total. The van der Waals surface area contributed by atoms with Crippen LogP contribution in [0.25, 0.3) is 5.57 Å². The van der Waals surface area contributed by atoms with E-state index in [0.29, 0.717) is 10.8 Å². The van der Waals surface area contributed by atoms with Crippen molar-refractivity contribution in [2.75, 3.05) is 11.1 Å². The fourth-order valence-corrected chi connectivity index (χ4v) is 4.98. The summed E-state index contributed by atoms with van der Waals surface area (Å²) >= 11 is 6.30. The second kappa shape index (κ2) is 17.3. The number of anilines is 2. The van der Waals surface area contributed by atoms with Crippen LogP contribution in [0.15, 0.2) is 36.2 Å². The highest BCUT2D eigenvalue weighted by atomic mass is 35.5. The molecular formula is C35H48ClF5N6O4. The highest BCUT2D eigenvalue weighted by Gasteiger charge is 2.56.